The van der Waals surface area contributed by atoms with Gasteiger partial charge < -0.3 is 19.9 Å². The number of halogens is 2. The van der Waals surface area contributed by atoms with Crippen LogP contribution >= 0.6 is 0 Å². The van der Waals surface area contributed by atoms with Crippen LogP contribution in [0.25, 0.3) is 5.69 Å². The van der Waals surface area contributed by atoms with Gasteiger partial charge in [-0.25, -0.2) is 27.9 Å². The number of aryl methyl sites for hydroxylation is 2. The highest BCUT2D eigenvalue weighted by Crippen LogP contribution is 2.23. The molecule has 17 heteroatoms. The van der Waals surface area contributed by atoms with E-state index in [9.17, 15) is 32.4 Å². The minimum Gasteiger partial charge on any atom is -0.461 e. The first-order valence-electron chi connectivity index (χ1n) is 15.9. The van der Waals surface area contributed by atoms with Crippen molar-refractivity contribution in [3.63, 3.8) is 0 Å². The summed E-state index contributed by atoms with van der Waals surface area (Å²) in [6.45, 7) is 9.99. The lowest BCUT2D eigenvalue weighted by molar-refractivity contribution is -0.149. The number of benzene rings is 2. The van der Waals surface area contributed by atoms with Crippen molar-refractivity contribution < 1.29 is 36.3 Å². The van der Waals surface area contributed by atoms with Gasteiger partial charge in [0, 0.05) is 43.0 Å². The lowest BCUT2D eigenvalue weighted by atomic mass is 10.0. The standard InChI is InChI=1S/C35H38F2N6O8S/c1-19(2)51-33(47)28(14-21-8-11-23(12-9-21)43-32(46)20(3)18-42(7)34(43)48)39-31(45)24-15-26(37)27(16-25(24)36)41-52(49,50)29-13-10-22(17-38-29)30(44)40-35(4,5)6/h8-13,15-19,28,41H,14H2,1-7H3,(H,39,45)(H,40,44)/t28-/m0/s1. The quantitative estimate of drug-likeness (QED) is 0.194. The number of nitrogens with zero attached hydrogens (tertiary/aromatic N) is 3. The first-order valence-corrected chi connectivity index (χ1v) is 17.4. The van der Waals surface area contributed by atoms with E-state index in [0.29, 0.717) is 23.3 Å². The molecule has 3 N–H and O–H groups in total. The van der Waals surface area contributed by atoms with E-state index in [1.807, 2.05) is 4.72 Å². The Morgan fingerprint density at radius 3 is 2.19 bits per heavy atom. The van der Waals surface area contributed by atoms with Gasteiger partial charge in [-0.2, -0.15) is 8.42 Å². The van der Waals surface area contributed by atoms with Crippen LogP contribution in [0.4, 0.5) is 14.5 Å². The number of esters is 1. The molecule has 0 saturated heterocycles. The van der Waals surface area contributed by atoms with Crippen molar-refractivity contribution in [1.82, 2.24) is 24.8 Å². The van der Waals surface area contributed by atoms with Gasteiger partial charge in [0.2, 0.25) is 0 Å². The minimum absolute atomic E-state index is 0.0697. The van der Waals surface area contributed by atoms with Crippen LogP contribution in [0.1, 0.15) is 66.5 Å². The number of anilines is 1. The molecule has 0 aliphatic rings. The molecule has 0 saturated carbocycles. The maximum absolute atomic E-state index is 15.3. The highest BCUT2D eigenvalue weighted by molar-refractivity contribution is 7.92. The van der Waals surface area contributed by atoms with Gasteiger partial charge in [0.05, 0.1) is 28.6 Å². The third-order valence-electron chi connectivity index (χ3n) is 7.30. The molecule has 0 aliphatic heterocycles. The molecule has 2 aromatic carbocycles. The van der Waals surface area contributed by atoms with Crippen molar-refractivity contribution in [3.05, 3.63) is 116 Å². The fraction of sp³-hybridized carbons (Fsp3) is 0.314. The summed E-state index contributed by atoms with van der Waals surface area (Å²) >= 11 is 0. The number of hydrogen-bond donors (Lipinski definition) is 3. The summed E-state index contributed by atoms with van der Waals surface area (Å²) in [6.07, 6.45) is 1.66. The van der Waals surface area contributed by atoms with Crippen LogP contribution in [0.2, 0.25) is 0 Å². The van der Waals surface area contributed by atoms with Crippen LogP contribution in [-0.4, -0.2) is 58.0 Å². The molecular formula is C35H38F2N6O8S. The second kappa shape index (κ2) is 15.3. The number of rotatable bonds is 11. The molecule has 2 aromatic heterocycles. The Morgan fingerprint density at radius 1 is 0.962 bits per heavy atom. The summed E-state index contributed by atoms with van der Waals surface area (Å²) in [5.41, 5.74) is -2.19. The van der Waals surface area contributed by atoms with E-state index in [1.54, 1.807) is 41.5 Å². The molecule has 14 nitrogen and oxygen atoms in total. The van der Waals surface area contributed by atoms with E-state index in [-0.39, 0.29) is 17.7 Å². The van der Waals surface area contributed by atoms with Crippen molar-refractivity contribution in [2.75, 3.05) is 4.72 Å². The Kier molecular flexibility index (Phi) is 11.5. The Morgan fingerprint density at radius 2 is 1.62 bits per heavy atom. The fourth-order valence-corrected chi connectivity index (χ4v) is 5.88. The largest absolute Gasteiger partial charge is 0.461 e. The third kappa shape index (κ3) is 9.34. The number of ether oxygens (including phenoxy) is 1. The molecule has 52 heavy (non-hydrogen) atoms. The summed E-state index contributed by atoms with van der Waals surface area (Å²) in [7, 11) is -3.07. The van der Waals surface area contributed by atoms with E-state index in [1.165, 1.54) is 48.1 Å². The van der Waals surface area contributed by atoms with Crippen LogP contribution in [0, 0.1) is 18.6 Å². The van der Waals surface area contributed by atoms with Gasteiger partial charge in [0.15, 0.2) is 5.03 Å². The number of hydrogen-bond acceptors (Lipinski definition) is 9. The van der Waals surface area contributed by atoms with E-state index >= 15 is 8.78 Å². The SMILES string of the molecule is Cc1cn(C)c(=O)n(-c2ccc(C[C@H](NC(=O)c3cc(F)c(NS(=O)(=O)c4ccc(C(=O)NC(C)(C)C)cn4)cc3F)C(=O)OC(C)C)cc2)c1=O. The van der Waals surface area contributed by atoms with Gasteiger partial charge in [0.25, 0.3) is 27.4 Å². The predicted octanol–water partition coefficient (Wildman–Crippen LogP) is 3.14. The third-order valence-corrected chi connectivity index (χ3v) is 8.59. The Labute approximate surface area is 297 Å². The molecule has 276 valence electrons. The summed E-state index contributed by atoms with van der Waals surface area (Å²) in [5.74, 6) is -5.21. The van der Waals surface area contributed by atoms with Crippen LogP contribution < -0.4 is 26.6 Å². The van der Waals surface area contributed by atoms with Crippen molar-refractivity contribution in [2.24, 2.45) is 7.05 Å². The Balaban J connectivity index is 1.54. The summed E-state index contributed by atoms with van der Waals surface area (Å²) in [6, 6.07) is 7.76. The molecule has 0 spiro atoms. The van der Waals surface area contributed by atoms with Gasteiger partial charge >= 0.3 is 11.7 Å². The first kappa shape index (κ1) is 39.1. The number of carbonyl (C=O) groups excluding carboxylic acids is 3. The second-order valence-corrected chi connectivity index (χ2v) is 14.9. The Bertz CT molecular complexity index is 2210. The topological polar surface area (TPSA) is 188 Å². The summed E-state index contributed by atoms with van der Waals surface area (Å²) in [4.78, 5) is 67.6. The first-order chi connectivity index (χ1) is 24.2. The number of carbonyl (C=O) groups is 3. The zero-order valence-corrected chi connectivity index (χ0v) is 30.2. The van der Waals surface area contributed by atoms with Gasteiger partial charge in [-0.05, 0) is 77.4 Å². The molecule has 4 aromatic rings. The van der Waals surface area contributed by atoms with E-state index < -0.39 is 84.7 Å². The molecule has 4 rings (SSSR count). The maximum Gasteiger partial charge on any atom is 0.335 e. The molecule has 0 aliphatic carbocycles. The molecule has 0 fully saturated rings. The summed E-state index contributed by atoms with van der Waals surface area (Å²) in [5, 5.41) is 4.46. The van der Waals surface area contributed by atoms with Crippen LogP contribution in [0.3, 0.4) is 0 Å². The van der Waals surface area contributed by atoms with Crippen LogP contribution in [0.5, 0.6) is 0 Å². The molecule has 0 bridgehead atoms. The second-order valence-electron chi connectivity index (χ2n) is 13.2. The molecule has 0 radical (unpaired) electrons. The maximum atomic E-state index is 15.3. The van der Waals surface area contributed by atoms with E-state index in [2.05, 4.69) is 15.6 Å². The summed E-state index contributed by atoms with van der Waals surface area (Å²) < 4.78 is 65.7. The Hall–Kier alpha value is -5.71. The van der Waals surface area contributed by atoms with Crippen molar-refractivity contribution >= 4 is 33.5 Å². The van der Waals surface area contributed by atoms with Crippen molar-refractivity contribution in [3.8, 4) is 5.69 Å². The zero-order chi connectivity index (χ0) is 38.7. The predicted molar refractivity (Wildman–Crippen MR) is 187 cm³/mol. The smallest absolute Gasteiger partial charge is 0.335 e. The average Bonchev–Trinajstić information content (AvgIpc) is 3.04. The van der Waals surface area contributed by atoms with Gasteiger partial charge in [-0.15, -0.1) is 0 Å². The van der Waals surface area contributed by atoms with Crippen molar-refractivity contribution in [2.45, 2.75) is 70.7 Å². The lowest BCUT2D eigenvalue weighted by Crippen LogP contribution is -2.44. The minimum atomic E-state index is -4.57. The van der Waals surface area contributed by atoms with E-state index in [4.69, 9.17) is 4.74 Å². The van der Waals surface area contributed by atoms with Crippen LogP contribution in [0.15, 0.2) is 75.5 Å². The number of sulfonamides is 1. The monoisotopic (exact) mass is 740 g/mol. The number of aromatic nitrogens is 3. The molecule has 2 heterocycles. The molecular weight excluding hydrogens is 702 g/mol. The number of amides is 2. The normalized spacial score (nSPS) is 12.3. The van der Waals surface area contributed by atoms with E-state index in [0.717, 1.165) is 16.8 Å². The number of nitrogens with one attached hydrogen (secondary N) is 3. The molecule has 0 unspecified atom stereocenters. The highest BCUT2D eigenvalue weighted by Gasteiger charge is 2.28. The van der Waals surface area contributed by atoms with Crippen LogP contribution in [-0.2, 0) is 33.0 Å². The molecule has 1 atom stereocenters. The van der Waals surface area contributed by atoms with Crippen molar-refractivity contribution in [1.29, 1.82) is 0 Å². The molecule has 2 amide bonds. The average molecular weight is 741 g/mol. The van der Waals surface area contributed by atoms with Gasteiger partial charge in [-0.3, -0.25) is 19.1 Å². The highest BCUT2D eigenvalue weighted by atomic mass is 32.2. The van der Waals surface area contributed by atoms with Gasteiger partial charge in [0.1, 0.15) is 17.7 Å². The fourth-order valence-electron chi connectivity index (χ4n) is 4.89. The van der Waals surface area contributed by atoms with Gasteiger partial charge in [-0.1, -0.05) is 12.1 Å². The lowest BCUT2D eigenvalue weighted by Gasteiger charge is -2.20. The zero-order valence-electron chi connectivity index (χ0n) is 29.4. The number of pyridine rings is 1.